The van der Waals surface area contributed by atoms with E-state index in [0.29, 0.717) is 17.2 Å². The van der Waals surface area contributed by atoms with Crippen LogP contribution in [0, 0.1) is 6.92 Å². The number of benzene rings is 1. The lowest BCUT2D eigenvalue weighted by Gasteiger charge is -1.99. The first-order valence-electron chi connectivity index (χ1n) is 7.86. The van der Waals surface area contributed by atoms with Gasteiger partial charge in [0.25, 0.3) is 0 Å². The molecule has 6 nitrogen and oxygen atoms in total. The van der Waals surface area contributed by atoms with Crippen molar-refractivity contribution in [2.24, 2.45) is 0 Å². The standard InChI is InChI=1S/C19H16N2O4/c1-13-2-6-18-20-15(10-21(18)9-13)11-23-19(22)7-4-14-3-5-16-17(8-14)25-12-24-16/h2-10H,11-12H2,1H3/b7-4+. The lowest BCUT2D eigenvalue weighted by molar-refractivity contribution is -0.139. The van der Waals surface area contributed by atoms with Crippen LogP contribution in [-0.2, 0) is 16.1 Å². The SMILES string of the molecule is Cc1ccc2nc(COC(=O)/C=C/c3ccc4c(c3)OCO4)cn2c1. The molecule has 0 saturated heterocycles. The van der Waals surface area contributed by atoms with Gasteiger partial charge < -0.3 is 18.6 Å². The van der Waals surface area contributed by atoms with Crippen molar-refractivity contribution >= 4 is 17.7 Å². The molecule has 1 aliphatic heterocycles. The summed E-state index contributed by atoms with van der Waals surface area (Å²) in [5.74, 6) is 0.961. The van der Waals surface area contributed by atoms with Gasteiger partial charge in [0, 0.05) is 18.5 Å². The molecule has 25 heavy (non-hydrogen) atoms. The Balaban J connectivity index is 1.38. The molecule has 0 spiro atoms. The largest absolute Gasteiger partial charge is 0.456 e. The molecule has 0 saturated carbocycles. The average molecular weight is 336 g/mol. The maximum absolute atomic E-state index is 11.9. The van der Waals surface area contributed by atoms with Crippen molar-refractivity contribution < 1.29 is 19.0 Å². The number of carbonyl (C=O) groups is 1. The molecule has 3 heterocycles. The second-order valence-corrected chi connectivity index (χ2v) is 5.76. The Morgan fingerprint density at radius 3 is 3.04 bits per heavy atom. The predicted octanol–water partition coefficient (Wildman–Crippen LogP) is 3.13. The number of esters is 1. The second kappa shape index (κ2) is 6.32. The van der Waals surface area contributed by atoms with E-state index in [9.17, 15) is 4.79 Å². The fraction of sp³-hybridized carbons (Fsp3) is 0.158. The van der Waals surface area contributed by atoms with Crippen LogP contribution >= 0.6 is 0 Å². The summed E-state index contributed by atoms with van der Waals surface area (Å²) >= 11 is 0. The number of carbonyl (C=O) groups excluding carboxylic acids is 1. The van der Waals surface area contributed by atoms with E-state index in [1.807, 2.05) is 54.0 Å². The molecule has 0 atom stereocenters. The Labute approximate surface area is 144 Å². The third kappa shape index (κ3) is 3.33. The summed E-state index contributed by atoms with van der Waals surface area (Å²) in [7, 11) is 0. The number of fused-ring (bicyclic) bond motifs is 2. The van der Waals surface area contributed by atoms with Crippen molar-refractivity contribution in [3.8, 4) is 11.5 Å². The molecule has 3 aromatic rings. The van der Waals surface area contributed by atoms with E-state index in [0.717, 1.165) is 16.8 Å². The molecule has 1 aromatic carbocycles. The predicted molar refractivity (Wildman–Crippen MR) is 91.3 cm³/mol. The second-order valence-electron chi connectivity index (χ2n) is 5.76. The van der Waals surface area contributed by atoms with Crippen LogP contribution in [0.15, 0.2) is 48.8 Å². The fourth-order valence-electron chi connectivity index (χ4n) is 2.60. The van der Waals surface area contributed by atoms with E-state index in [1.165, 1.54) is 6.08 Å². The summed E-state index contributed by atoms with van der Waals surface area (Å²) < 4.78 is 17.7. The van der Waals surface area contributed by atoms with Crippen molar-refractivity contribution in [2.45, 2.75) is 13.5 Å². The summed E-state index contributed by atoms with van der Waals surface area (Å²) in [5, 5.41) is 0. The zero-order chi connectivity index (χ0) is 17.2. The smallest absolute Gasteiger partial charge is 0.331 e. The highest BCUT2D eigenvalue weighted by Gasteiger charge is 2.12. The van der Waals surface area contributed by atoms with E-state index < -0.39 is 5.97 Å². The molecule has 0 amide bonds. The van der Waals surface area contributed by atoms with Crippen LogP contribution in [-0.4, -0.2) is 22.1 Å². The number of ether oxygens (including phenoxy) is 3. The van der Waals surface area contributed by atoms with Gasteiger partial charge in [-0.15, -0.1) is 0 Å². The van der Waals surface area contributed by atoms with Gasteiger partial charge in [-0.3, -0.25) is 0 Å². The summed E-state index contributed by atoms with van der Waals surface area (Å²) in [5.41, 5.74) is 3.51. The first kappa shape index (κ1) is 15.3. The molecule has 4 rings (SSSR count). The van der Waals surface area contributed by atoms with Gasteiger partial charge in [-0.25, -0.2) is 9.78 Å². The van der Waals surface area contributed by atoms with Crippen molar-refractivity contribution in [3.63, 3.8) is 0 Å². The zero-order valence-corrected chi connectivity index (χ0v) is 13.6. The minimum atomic E-state index is -0.425. The third-order valence-electron chi connectivity index (χ3n) is 3.82. The van der Waals surface area contributed by atoms with Crippen molar-refractivity contribution in [1.29, 1.82) is 0 Å². The van der Waals surface area contributed by atoms with E-state index in [-0.39, 0.29) is 13.4 Å². The molecule has 0 fully saturated rings. The lowest BCUT2D eigenvalue weighted by atomic mass is 10.2. The molecule has 0 bridgehead atoms. The maximum atomic E-state index is 11.9. The third-order valence-corrected chi connectivity index (χ3v) is 3.82. The van der Waals surface area contributed by atoms with Gasteiger partial charge >= 0.3 is 5.97 Å². The Bertz CT molecular complexity index is 975. The van der Waals surface area contributed by atoms with E-state index in [2.05, 4.69) is 4.98 Å². The molecule has 0 aliphatic carbocycles. The van der Waals surface area contributed by atoms with Crippen LogP contribution in [0.25, 0.3) is 11.7 Å². The van der Waals surface area contributed by atoms with Crippen LogP contribution < -0.4 is 9.47 Å². The van der Waals surface area contributed by atoms with Gasteiger partial charge in [0.15, 0.2) is 11.5 Å². The molecule has 6 heteroatoms. The van der Waals surface area contributed by atoms with Crippen molar-refractivity contribution in [3.05, 3.63) is 65.6 Å². The Morgan fingerprint density at radius 1 is 1.24 bits per heavy atom. The summed E-state index contributed by atoms with van der Waals surface area (Å²) in [4.78, 5) is 16.3. The van der Waals surface area contributed by atoms with Crippen LogP contribution in [0.1, 0.15) is 16.8 Å². The number of aromatic nitrogens is 2. The first-order chi connectivity index (χ1) is 12.2. The quantitative estimate of drug-likeness (QED) is 0.541. The Kier molecular flexibility index (Phi) is 3.85. The van der Waals surface area contributed by atoms with Gasteiger partial charge in [0.1, 0.15) is 12.3 Å². The molecule has 0 unspecified atom stereocenters. The molecular formula is C19H16N2O4. The van der Waals surface area contributed by atoms with Crippen LogP contribution in [0.4, 0.5) is 0 Å². The number of hydrogen-bond donors (Lipinski definition) is 0. The van der Waals surface area contributed by atoms with E-state index in [1.54, 1.807) is 6.08 Å². The molecule has 0 radical (unpaired) electrons. The highest BCUT2D eigenvalue weighted by atomic mass is 16.7. The Hall–Kier alpha value is -3.28. The number of pyridine rings is 1. The van der Waals surface area contributed by atoms with Crippen molar-refractivity contribution in [2.75, 3.05) is 6.79 Å². The number of aryl methyl sites for hydroxylation is 1. The number of nitrogens with zero attached hydrogens (tertiary/aromatic N) is 2. The van der Waals surface area contributed by atoms with Gasteiger partial charge in [-0.05, 0) is 42.3 Å². The first-order valence-corrected chi connectivity index (χ1v) is 7.86. The highest BCUT2D eigenvalue weighted by molar-refractivity contribution is 5.87. The maximum Gasteiger partial charge on any atom is 0.331 e. The molecule has 2 aromatic heterocycles. The number of rotatable bonds is 4. The summed E-state index contributed by atoms with van der Waals surface area (Å²) in [6, 6.07) is 9.40. The normalized spacial score (nSPS) is 12.8. The number of imidazole rings is 1. The van der Waals surface area contributed by atoms with Crippen LogP contribution in [0.5, 0.6) is 11.5 Å². The fourth-order valence-corrected chi connectivity index (χ4v) is 2.60. The summed E-state index contributed by atoms with van der Waals surface area (Å²) in [6.07, 6.45) is 6.90. The van der Waals surface area contributed by atoms with E-state index in [4.69, 9.17) is 14.2 Å². The Morgan fingerprint density at radius 2 is 2.12 bits per heavy atom. The molecule has 126 valence electrons. The molecule has 0 N–H and O–H groups in total. The van der Waals surface area contributed by atoms with Gasteiger partial charge in [-0.1, -0.05) is 12.1 Å². The lowest BCUT2D eigenvalue weighted by Crippen LogP contribution is -2.00. The minimum Gasteiger partial charge on any atom is -0.456 e. The van der Waals surface area contributed by atoms with Gasteiger partial charge in [-0.2, -0.15) is 0 Å². The zero-order valence-electron chi connectivity index (χ0n) is 13.6. The molecular weight excluding hydrogens is 320 g/mol. The van der Waals surface area contributed by atoms with E-state index >= 15 is 0 Å². The molecule has 1 aliphatic rings. The van der Waals surface area contributed by atoms with Crippen molar-refractivity contribution in [1.82, 2.24) is 9.38 Å². The van der Waals surface area contributed by atoms with Crippen LogP contribution in [0.2, 0.25) is 0 Å². The van der Waals surface area contributed by atoms with Gasteiger partial charge in [0.05, 0.1) is 5.69 Å². The monoisotopic (exact) mass is 336 g/mol. The van der Waals surface area contributed by atoms with Gasteiger partial charge in [0.2, 0.25) is 6.79 Å². The number of hydrogen-bond acceptors (Lipinski definition) is 5. The topological polar surface area (TPSA) is 62.1 Å². The minimum absolute atomic E-state index is 0.130. The summed E-state index contributed by atoms with van der Waals surface area (Å²) in [6.45, 7) is 2.37. The van der Waals surface area contributed by atoms with Crippen LogP contribution in [0.3, 0.4) is 0 Å². The average Bonchev–Trinajstić information content (AvgIpc) is 3.23. The highest BCUT2D eigenvalue weighted by Crippen LogP contribution is 2.32.